The summed E-state index contributed by atoms with van der Waals surface area (Å²) in [6.45, 7) is 3.93. The molecule has 4 rings (SSSR count). The third-order valence-electron chi connectivity index (χ3n) is 6.25. The van der Waals surface area contributed by atoms with E-state index in [0.717, 1.165) is 19.2 Å². The van der Waals surface area contributed by atoms with Crippen LogP contribution in [0.15, 0.2) is 35.2 Å². The van der Waals surface area contributed by atoms with Gasteiger partial charge in [0.05, 0.1) is 10.5 Å². The molecule has 1 aliphatic rings. The summed E-state index contributed by atoms with van der Waals surface area (Å²) in [7, 11) is -3.63. The average Bonchev–Trinajstić information content (AvgIpc) is 3.56. The van der Waals surface area contributed by atoms with Crippen LogP contribution in [0, 0.1) is 26.6 Å². The number of aromatic nitrogens is 2. The highest BCUT2D eigenvalue weighted by Gasteiger charge is 2.45. The molecule has 1 aliphatic carbocycles. The van der Waals surface area contributed by atoms with E-state index < -0.39 is 56.0 Å². The van der Waals surface area contributed by atoms with Gasteiger partial charge < -0.3 is 15.2 Å². The largest absolute Gasteiger partial charge is 0.436 e. The van der Waals surface area contributed by atoms with Gasteiger partial charge in [0.25, 0.3) is 11.8 Å². The van der Waals surface area contributed by atoms with Crippen molar-refractivity contribution in [3.63, 3.8) is 0 Å². The first kappa shape index (κ1) is 27.5. The summed E-state index contributed by atoms with van der Waals surface area (Å²) in [6.07, 6.45) is -3.21. The quantitative estimate of drug-likeness (QED) is 0.413. The Morgan fingerprint density at radius 1 is 1.11 bits per heavy atom. The van der Waals surface area contributed by atoms with Crippen LogP contribution in [0.4, 0.5) is 23.2 Å². The maximum atomic E-state index is 15.1. The minimum Gasteiger partial charge on any atom is -0.436 e. The Hall–Kier alpha value is -3.58. The first-order valence-corrected chi connectivity index (χ1v) is 13.2. The zero-order valence-corrected chi connectivity index (χ0v) is 21.5. The van der Waals surface area contributed by atoms with Crippen LogP contribution >= 0.6 is 0 Å². The molecule has 1 heterocycles. The second-order valence-corrected chi connectivity index (χ2v) is 11.3. The SMILES string of the molecule is Cc1cc(C2(O)CC2)c(F)c(C)c1Oc1nnc(C(F)(F)F)c(C)c1C(=O)Nc1cccc(S(C)(=O)=O)c1. The fraction of sp³-hybridized carbons (Fsp3) is 0.320. The lowest BCUT2D eigenvalue weighted by atomic mass is 9.99. The van der Waals surface area contributed by atoms with E-state index in [-0.39, 0.29) is 27.5 Å². The molecule has 2 aromatic carbocycles. The lowest BCUT2D eigenvalue weighted by Gasteiger charge is -2.20. The molecule has 3 aromatic rings. The van der Waals surface area contributed by atoms with Gasteiger partial charge in [-0.3, -0.25) is 4.79 Å². The Balaban J connectivity index is 1.80. The Bertz CT molecular complexity index is 1570. The number of alkyl halides is 3. The number of aryl methyl sites for hydroxylation is 1. The summed E-state index contributed by atoms with van der Waals surface area (Å²) in [5.74, 6) is -2.54. The zero-order valence-electron chi connectivity index (χ0n) is 20.7. The zero-order chi connectivity index (χ0) is 28.2. The van der Waals surface area contributed by atoms with Gasteiger partial charge in [-0.2, -0.15) is 13.2 Å². The summed E-state index contributed by atoms with van der Waals surface area (Å²) in [6, 6.07) is 6.53. The van der Waals surface area contributed by atoms with Crippen LogP contribution < -0.4 is 10.1 Å². The monoisotopic (exact) mass is 553 g/mol. The minimum absolute atomic E-state index is 0.00548. The first-order chi connectivity index (χ1) is 17.5. The van der Waals surface area contributed by atoms with Crippen LogP contribution in [-0.4, -0.2) is 35.9 Å². The number of nitrogens with zero attached hydrogens (tertiary/aromatic N) is 2. The molecular formula is C25H23F4N3O5S. The number of amides is 1. The van der Waals surface area contributed by atoms with Crippen LogP contribution in [0.1, 0.15) is 51.1 Å². The molecule has 0 aliphatic heterocycles. The molecule has 0 saturated heterocycles. The van der Waals surface area contributed by atoms with Gasteiger partial charge in [0, 0.05) is 23.1 Å². The van der Waals surface area contributed by atoms with Crippen molar-refractivity contribution in [2.75, 3.05) is 11.6 Å². The minimum atomic E-state index is -4.94. The lowest BCUT2D eigenvalue weighted by Crippen LogP contribution is -2.21. The number of anilines is 1. The van der Waals surface area contributed by atoms with E-state index in [1.54, 1.807) is 6.92 Å². The van der Waals surface area contributed by atoms with Crippen LogP contribution in [-0.2, 0) is 21.6 Å². The van der Waals surface area contributed by atoms with Crippen LogP contribution in [0.3, 0.4) is 0 Å². The van der Waals surface area contributed by atoms with E-state index in [9.17, 15) is 31.5 Å². The molecule has 38 heavy (non-hydrogen) atoms. The van der Waals surface area contributed by atoms with Crippen molar-refractivity contribution in [3.05, 3.63) is 69.7 Å². The maximum absolute atomic E-state index is 15.1. The molecule has 1 amide bonds. The molecule has 8 nitrogen and oxygen atoms in total. The summed E-state index contributed by atoms with van der Waals surface area (Å²) >= 11 is 0. The van der Waals surface area contributed by atoms with E-state index in [1.165, 1.54) is 31.2 Å². The smallest absolute Gasteiger partial charge is 0.435 e. The number of ether oxygens (including phenoxy) is 1. The van der Waals surface area contributed by atoms with Crippen molar-refractivity contribution < 1.29 is 40.6 Å². The van der Waals surface area contributed by atoms with Crippen LogP contribution in [0.5, 0.6) is 11.6 Å². The second-order valence-electron chi connectivity index (χ2n) is 9.25. The predicted octanol–water partition coefficient (Wildman–Crippen LogP) is 4.99. The van der Waals surface area contributed by atoms with E-state index in [2.05, 4.69) is 15.5 Å². The average molecular weight is 554 g/mol. The molecule has 1 saturated carbocycles. The van der Waals surface area contributed by atoms with Gasteiger partial charge in [0.2, 0.25) is 0 Å². The van der Waals surface area contributed by atoms with Crippen molar-refractivity contribution in [2.45, 2.75) is 50.3 Å². The molecule has 13 heteroatoms. The second kappa shape index (κ2) is 9.31. The molecule has 0 bridgehead atoms. The number of sulfone groups is 1. The molecule has 0 atom stereocenters. The maximum Gasteiger partial charge on any atom is 0.435 e. The van der Waals surface area contributed by atoms with Gasteiger partial charge in [0.1, 0.15) is 17.1 Å². The summed E-state index contributed by atoms with van der Waals surface area (Å²) in [5, 5.41) is 19.4. The number of rotatable bonds is 6. The van der Waals surface area contributed by atoms with Gasteiger partial charge in [-0.15, -0.1) is 10.2 Å². The fourth-order valence-electron chi connectivity index (χ4n) is 4.03. The Labute approximate surface area is 215 Å². The predicted molar refractivity (Wildman–Crippen MR) is 128 cm³/mol. The van der Waals surface area contributed by atoms with Gasteiger partial charge in [-0.05, 0) is 69.0 Å². The Kier molecular flexibility index (Phi) is 6.73. The van der Waals surface area contributed by atoms with Gasteiger partial charge in [0.15, 0.2) is 15.5 Å². The molecular weight excluding hydrogens is 530 g/mol. The number of nitrogens with one attached hydrogen (secondary N) is 1. The Morgan fingerprint density at radius 3 is 2.34 bits per heavy atom. The summed E-state index contributed by atoms with van der Waals surface area (Å²) in [5.41, 5.74) is -3.54. The number of hydrogen-bond donors (Lipinski definition) is 2. The Morgan fingerprint density at radius 2 is 1.76 bits per heavy atom. The highest BCUT2D eigenvalue weighted by molar-refractivity contribution is 7.90. The van der Waals surface area contributed by atoms with Gasteiger partial charge >= 0.3 is 6.18 Å². The number of hydrogen-bond acceptors (Lipinski definition) is 7. The number of benzene rings is 2. The summed E-state index contributed by atoms with van der Waals surface area (Å²) in [4.78, 5) is 13.1. The van der Waals surface area contributed by atoms with E-state index in [0.29, 0.717) is 18.4 Å². The topological polar surface area (TPSA) is 118 Å². The van der Waals surface area contributed by atoms with Crippen molar-refractivity contribution in [2.24, 2.45) is 0 Å². The number of aliphatic hydroxyl groups is 1. The van der Waals surface area contributed by atoms with Crippen molar-refractivity contribution in [3.8, 4) is 11.6 Å². The van der Waals surface area contributed by atoms with Crippen molar-refractivity contribution >= 4 is 21.4 Å². The molecule has 1 fully saturated rings. The van der Waals surface area contributed by atoms with Crippen molar-refractivity contribution in [1.29, 1.82) is 0 Å². The molecule has 0 unspecified atom stereocenters. The number of halogens is 4. The van der Waals surface area contributed by atoms with E-state index >= 15 is 4.39 Å². The molecule has 0 radical (unpaired) electrons. The van der Waals surface area contributed by atoms with E-state index in [4.69, 9.17) is 4.74 Å². The van der Waals surface area contributed by atoms with Crippen LogP contribution in [0.2, 0.25) is 0 Å². The normalized spacial score (nSPS) is 14.8. The standard InChI is InChI=1S/C25H23F4N3O5S/c1-12-10-17(24(34)8-9-24)19(26)14(3)20(12)37-23-18(13(2)21(31-32-23)25(27,28)29)22(33)30-15-6-5-7-16(11-15)38(4,35)36/h5-7,10-11,34H,8-9H2,1-4H3,(H,30,33). The molecule has 0 spiro atoms. The third kappa shape index (κ3) is 5.20. The van der Waals surface area contributed by atoms with E-state index in [1.807, 2.05) is 0 Å². The summed E-state index contributed by atoms with van der Waals surface area (Å²) < 4.78 is 85.3. The molecule has 1 aromatic heterocycles. The first-order valence-electron chi connectivity index (χ1n) is 11.3. The third-order valence-corrected chi connectivity index (χ3v) is 7.36. The van der Waals surface area contributed by atoms with Crippen LogP contribution in [0.25, 0.3) is 0 Å². The highest BCUT2D eigenvalue weighted by atomic mass is 32.2. The fourth-order valence-corrected chi connectivity index (χ4v) is 4.70. The van der Waals surface area contributed by atoms with Gasteiger partial charge in [-0.1, -0.05) is 6.07 Å². The molecule has 2 N–H and O–H groups in total. The van der Waals surface area contributed by atoms with Gasteiger partial charge in [-0.25, -0.2) is 12.8 Å². The highest BCUT2D eigenvalue weighted by Crippen LogP contribution is 2.48. The van der Waals surface area contributed by atoms with Crippen molar-refractivity contribution in [1.82, 2.24) is 10.2 Å². The number of carbonyl (C=O) groups is 1. The number of carbonyl (C=O) groups excluding carboxylic acids is 1. The lowest BCUT2D eigenvalue weighted by molar-refractivity contribution is -0.142. The molecule has 202 valence electrons.